The topological polar surface area (TPSA) is 40.9 Å². The normalized spacial score (nSPS) is 18.4. The number of Topliss-reactive ketones (excluding diaryl/α,β-unsaturated/α-hetero) is 1. The van der Waals surface area contributed by atoms with E-state index in [2.05, 4.69) is 6.07 Å². The SMILES string of the molecule is N#Cc1cccc(/C=C2\CCCCC2=O)c1. The second-order valence-electron chi connectivity index (χ2n) is 4.04. The molecule has 16 heavy (non-hydrogen) atoms. The van der Waals surface area contributed by atoms with E-state index < -0.39 is 0 Å². The maximum absolute atomic E-state index is 11.6. The van der Waals surface area contributed by atoms with Crippen molar-refractivity contribution in [1.29, 1.82) is 5.26 Å². The van der Waals surface area contributed by atoms with Crippen molar-refractivity contribution in [2.45, 2.75) is 25.7 Å². The highest BCUT2D eigenvalue weighted by Crippen LogP contribution is 2.22. The Labute approximate surface area is 95.2 Å². The summed E-state index contributed by atoms with van der Waals surface area (Å²) < 4.78 is 0. The third-order valence-electron chi connectivity index (χ3n) is 2.81. The van der Waals surface area contributed by atoms with E-state index in [1.807, 2.05) is 24.3 Å². The van der Waals surface area contributed by atoms with E-state index in [0.29, 0.717) is 12.0 Å². The average Bonchev–Trinajstić information content (AvgIpc) is 2.32. The highest BCUT2D eigenvalue weighted by atomic mass is 16.1. The van der Waals surface area contributed by atoms with Crippen molar-refractivity contribution in [3.63, 3.8) is 0 Å². The average molecular weight is 211 g/mol. The first-order valence-electron chi connectivity index (χ1n) is 5.53. The maximum Gasteiger partial charge on any atom is 0.158 e. The number of carbonyl (C=O) groups is 1. The Morgan fingerprint density at radius 1 is 1.25 bits per heavy atom. The number of allylic oxidation sites excluding steroid dienone is 1. The number of rotatable bonds is 1. The minimum atomic E-state index is 0.258. The monoisotopic (exact) mass is 211 g/mol. The molecule has 0 spiro atoms. The summed E-state index contributed by atoms with van der Waals surface area (Å²) >= 11 is 0. The van der Waals surface area contributed by atoms with Gasteiger partial charge >= 0.3 is 0 Å². The quantitative estimate of drug-likeness (QED) is 0.670. The van der Waals surface area contributed by atoms with E-state index in [1.165, 1.54) is 0 Å². The zero-order valence-electron chi connectivity index (χ0n) is 9.07. The molecule has 0 atom stereocenters. The lowest BCUT2D eigenvalue weighted by Gasteiger charge is -2.12. The van der Waals surface area contributed by atoms with E-state index in [9.17, 15) is 4.79 Å². The predicted molar refractivity (Wildman–Crippen MR) is 62.6 cm³/mol. The maximum atomic E-state index is 11.6. The molecule has 1 aromatic carbocycles. The van der Waals surface area contributed by atoms with Crippen molar-refractivity contribution in [2.75, 3.05) is 0 Å². The molecule has 1 fully saturated rings. The number of benzene rings is 1. The van der Waals surface area contributed by atoms with Crippen LogP contribution in [-0.4, -0.2) is 5.78 Å². The number of carbonyl (C=O) groups excluding carboxylic acids is 1. The molecule has 0 saturated heterocycles. The lowest BCUT2D eigenvalue weighted by Crippen LogP contribution is -2.07. The summed E-state index contributed by atoms with van der Waals surface area (Å²) in [5.41, 5.74) is 2.49. The van der Waals surface area contributed by atoms with Gasteiger partial charge in [0.15, 0.2) is 5.78 Å². The lowest BCUT2D eigenvalue weighted by atomic mass is 9.92. The molecule has 1 saturated carbocycles. The zero-order chi connectivity index (χ0) is 11.4. The third kappa shape index (κ3) is 2.38. The van der Waals surface area contributed by atoms with E-state index in [1.54, 1.807) is 6.07 Å². The second kappa shape index (κ2) is 4.76. The Hall–Kier alpha value is -1.88. The van der Waals surface area contributed by atoms with Gasteiger partial charge in [0.05, 0.1) is 11.6 Å². The summed E-state index contributed by atoms with van der Waals surface area (Å²) in [6.45, 7) is 0. The molecule has 0 N–H and O–H groups in total. The van der Waals surface area contributed by atoms with Gasteiger partial charge in [0, 0.05) is 6.42 Å². The highest BCUT2D eigenvalue weighted by molar-refractivity contribution is 6.00. The van der Waals surface area contributed by atoms with Crippen LogP contribution in [0.15, 0.2) is 29.8 Å². The standard InChI is InChI=1S/C14H13NO/c15-10-12-5-3-4-11(8-12)9-13-6-1-2-7-14(13)16/h3-5,8-9H,1-2,6-7H2/b13-9+. The Morgan fingerprint density at radius 2 is 2.06 bits per heavy atom. The Balaban J connectivity index is 2.27. The van der Waals surface area contributed by atoms with Gasteiger partial charge in [0.2, 0.25) is 0 Å². The molecule has 1 aromatic rings. The van der Waals surface area contributed by atoms with Crippen LogP contribution in [0.5, 0.6) is 0 Å². The van der Waals surface area contributed by atoms with E-state index in [4.69, 9.17) is 5.26 Å². The zero-order valence-corrected chi connectivity index (χ0v) is 9.07. The fourth-order valence-corrected chi connectivity index (χ4v) is 1.95. The highest BCUT2D eigenvalue weighted by Gasteiger charge is 2.14. The first-order valence-corrected chi connectivity index (χ1v) is 5.53. The fourth-order valence-electron chi connectivity index (χ4n) is 1.95. The summed E-state index contributed by atoms with van der Waals surface area (Å²) in [6.07, 6.45) is 5.56. The first kappa shape index (κ1) is 10.6. The number of nitrogens with zero attached hydrogens (tertiary/aromatic N) is 1. The molecule has 1 aliphatic rings. The van der Waals surface area contributed by atoms with Gasteiger partial charge in [0.25, 0.3) is 0 Å². The van der Waals surface area contributed by atoms with Gasteiger partial charge in [-0.05, 0) is 48.6 Å². The molecule has 2 nitrogen and oxygen atoms in total. The minimum Gasteiger partial charge on any atom is -0.295 e. The van der Waals surface area contributed by atoms with Crippen LogP contribution >= 0.6 is 0 Å². The van der Waals surface area contributed by atoms with Crippen LogP contribution < -0.4 is 0 Å². The molecule has 0 aliphatic heterocycles. The summed E-state index contributed by atoms with van der Waals surface area (Å²) in [5, 5.41) is 8.78. The van der Waals surface area contributed by atoms with Crippen molar-refractivity contribution >= 4 is 11.9 Å². The molecule has 0 unspecified atom stereocenters. The number of ketones is 1. The minimum absolute atomic E-state index is 0.258. The Kier molecular flexibility index (Phi) is 3.16. The van der Waals surface area contributed by atoms with Crippen LogP contribution in [0.2, 0.25) is 0 Å². The van der Waals surface area contributed by atoms with Crippen LogP contribution in [0.3, 0.4) is 0 Å². The third-order valence-corrected chi connectivity index (χ3v) is 2.81. The van der Waals surface area contributed by atoms with Crippen LogP contribution in [0, 0.1) is 11.3 Å². The fraction of sp³-hybridized carbons (Fsp3) is 0.286. The van der Waals surface area contributed by atoms with Gasteiger partial charge in [-0.25, -0.2) is 0 Å². The molecule has 0 aromatic heterocycles. The summed E-state index contributed by atoms with van der Waals surface area (Å²) in [7, 11) is 0. The number of hydrogen-bond acceptors (Lipinski definition) is 2. The molecular weight excluding hydrogens is 198 g/mol. The molecule has 2 rings (SSSR count). The van der Waals surface area contributed by atoms with Crippen LogP contribution in [0.1, 0.15) is 36.8 Å². The van der Waals surface area contributed by atoms with Crippen molar-refractivity contribution in [3.8, 4) is 6.07 Å². The molecule has 2 heteroatoms. The first-order chi connectivity index (χ1) is 7.79. The smallest absolute Gasteiger partial charge is 0.158 e. The van der Waals surface area contributed by atoms with E-state index >= 15 is 0 Å². The summed E-state index contributed by atoms with van der Waals surface area (Å²) in [6, 6.07) is 9.46. The van der Waals surface area contributed by atoms with Gasteiger partial charge in [-0.3, -0.25) is 4.79 Å². The molecule has 80 valence electrons. The molecule has 0 bridgehead atoms. The van der Waals surface area contributed by atoms with Crippen LogP contribution in [0.25, 0.3) is 6.08 Å². The van der Waals surface area contributed by atoms with Crippen LogP contribution in [0.4, 0.5) is 0 Å². The summed E-state index contributed by atoms with van der Waals surface area (Å²) in [4.78, 5) is 11.6. The Morgan fingerprint density at radius 3 is 2.81 bits per heavy atom. The van der Waals surface area contributed by atoms with Gasteiger partial charge < -0.3 is 0 Å². The Bertz CT molecular complexity index is 480. The van der Waals surface area contributed by atoms with Gasteiger partial charge in [-0.2, -0.15) is 5.26 Å². The van der Waals surface area contributed by atoms with E-state index in [0.717, 1.165) is 30.4 Å². The van der Waals surface area contributed by atoms with Gasteiger partial charge in [-0.15, -0.1) is 0 Å². The van der Waals surface area contributed by atoms with Gasteiger partial charge in [0.1, 0.15) is 0 Å². The van der Waals surface area contributed by atoms with Crippen molar-refractivity contribution in [3.05, 3.63) is 41.0 Å². The summed E-state index contributed by atoms with van der Waals surface area (Å²) in [5.74, 6) is 0.258. The molecule has 1 aliphatic carbocycles. The van der Waals surface area contributed by atoms with Crippen molar-refractivity contribution in [1.82, 2.24) is 0 Å². The lowest BCUT2D eigenvalue weighted by molar-refractivity contribution is -0.116. The molecular formula is C14H13NO. The molecule has 0 radical (unpaired) electrons. The van der Waals surface area contributed by atoms with E-state index in [-0.39, 0.29) is 5.78 Å². The number of nitriles is 1. The van der Waals surface area contributed by atoms with Crippen LogP contribution in [-0.2, 0) is 4.79 Å². The predicted octanol–water partition coefficient (Wildman–Crippen LogP) is 3.08. The largest absolute Gasteiger partial charge is 0.295 e. The molecule has 0 amide bonds. The van der Waals surface area contributed by atoms with Crippen molar-refractivity contribution < 1.29 is 4.79 Å². The number of hydrogen-bond donors (Lipinski definition) is 0. The van der Waals surface area contributed by atoms with Crippen molar-refractivity contribution in [2.24, 2.45) is 0 Å². The molecule has 0 heterocycles. The van der Waals surface area contributed by atoms with Gasteiger partial charge in [-0.1, -0.05) is 12.1 Å². The second-order valence-corrected chi connectivity index (χ2v) is 4.04.